The van der Waals surface area contributed by atoms with Crippen LogP contribution in [-0.4, -0.2) is 11.5 Å². The predicted octanol–water partition coefficient (Wildman–Crippen LogP) is 4.52. The maximum Gasteiger partial charge on any atom is 0.452 e. The topological polar surface area (TPSA) is 40.8 Å². The van der Waals surface area contributed by atoms with E-state index in [4.69, 9.17) is 9.31 Å². The van der Waals surface area contributed by atoms with Crippen LogP contribution >= 0.6 is 0 Å². The quantitative estimate of drug-likeness (QED) is 0.334. The molecule has 3 heteroatoms. The number of fused-ring (bicyclic) bond motifs is 1. The number of rotatable bonds is 3. The zero-order valence-electron chi connectivity index (χ0n) is 13.0. The van der Waals surface area contributed by atoms with Crippen LogP contribution in [0.2, 0.25) is 0 Å². The molecule has 0 fully saturated rings. The van der Waals surface area contributed by atoms with Crippen molar-refractivity contribution in [3.63, 3.8) is 0 Å². The second kappa shape index (κ2) is 6.04. The van der Waals surface area contributed by atoms with E-state index in [1.807, 2.05) is 84.9 Å². The first-order valence-corrected chi connectivity index (χ1v) is 7.88. The standard InChI is InChI=1S/C21H16O3/c22-24-21(18-12-5-2-6-13-18)20(16-9-3-1-4-10-16)19-14-8-7-11-17(19)15-23-21/h1-15,20H/p+1/t20-,21+/m0/s1. The lowest BCUT2D eigenvalue weighted by Crippen LogP contribution is -2.38. The second-order valence-corrected chi connectivity index (χ2v) is 5.83. The van der Waals surface area contributed by atoms with Crippen LogP contribution < -0.4 is 0 Å². The normalized spacial score (nSPS) is 22.1. The first-order valence-electron chi connectivity index (χ1n) is 7.88. The molecule has 1 aliphatic rings. The average molecular weight is 317 g/mol. The summed E-state index contributed by atoms with van der Waals surface area (Å²) in [7, 11) is 0. The van der Waals surface area contributed by atoms with E-state index in [2.05, 4.69) is 0 Å². The molecule has 1 N–H and O–H groups in total. The molecule has 118 valence electrons. The largest absolute Gasteiger partial charge is 0.452 e. The fourth-order valence-corrected chi connectivity index (χ4v) is 3.38. The van der Waals surface area contributed by atoms with E-state index in [1.165, 1.54) is 0 Å². The molecular formula is C21H17O3+. The fraction of sp³-hybridized carbons (Fsp3) is 0.0952. The Labute approximate surface area is 140 Å². The van der Waals surface area contributed by atoms with E-state index in [9.17, 15) is 5.26 Å². The summed E-state index contributed by atoms with van der Waals surface area (Å²) >= 11 is 0. The highest BCUT2D eigenvalue weighted by molar-refractivity contribution is 5.79. The van der Waals surface area contributed by atoms with Crippen molar-refractivity contribution >= 4 is 6.29 Å². The minimum atomic E-state index is -1.32. The van der Waals surface area contributed by atoms with Crippen LogP contribution in [0.1, 0.15) is 32.6 Å². The number of aldehydes is 1. The molecule has 24 heavy (non-hydrogen) atoms. The van der Waals surface area contributed by atoms with E-state index in [-0.39, 0.29) is 5.92 Å². The lowest BCUT2D eigenvalue weighted by molar-refractivity contribution is -0.572. The summed E-state index contributed by atoms with van der Waals surface area (Å²) < 4.78 is 6.00. The molecule has 1 aliphatic heterocycles. The highest BCUT2D eigenvalue weighted by Crippen LogP contribution is 2.47. The molecule has 3 aromatic rings. The van der Waals surface area contributed by atoms with Gasteiger partial charge in [0.2, 0.25) is 0 Å². The van der Waals surface area contributed by atoms with Crippen molar-refractivity contribution in [2.45, 2.75) is 11.7 Å². The number of carbonyl (C=O) groups excluding carboxylic acids is 1. The van der Waals surface area contributed by atoms with Crippen molar-refractivity contribution in [3.05, 3.63) is 107 Å². The Morgan fingerprint density at radius 2 is 1.42 bits per heavy atom. The van der Waals surface area contributed by atoms with Gasteiger partial charge in [0.25, 0.3) is 0 Å². The lowest BCUT2D eigenvalue weighted by Gasteiger charge is -2.29. The molecule has 0 spiro atoms. The molecule has 0 amide bonds. The zero-order valence-corrected chi connectivity index (χ0v) is 13.0. The highest BCUT2D eigenvalue weighted by atomic mass is 17.1. The highest BCUT2D eigenvalue weighted by Gasteiger charge is 2.57. The van der Waals surface area contributed by atoms with Gasteiger partial charge >= 0.3 is 12.1 Å². The van der Waals surface area contributed by atoms with Crippen molar-refractivity contribution in [2.75, 3.05) is 0 Å². The Morgan fingerprint density at radius 1 is 0.792 bits per heavy atom. The molecule has 0 radical (unpaired) electrons. The van der Waals surface area contributed by atoms with E-state index >= 15 is 0 Å². The lowest BCUT2D eigenvalue weighted by atomic mass is 9.78. The third kappa shape index (κ3) is 2.26. The van der Waals surface area contributed by atoms with Crippen LogP contribution in [0.3, 0.4) is 0 Å². The van der Waals surface area contributed by atoms with Crippen LogP contribution in [0, 0.1) is 0 Å². The summed E-state index contributed by atoms with van der Waals surface area (Å²) in [5.41, 5.74) is 3.80. The summed E-state index contributed by atoms with van der Waals surface area (Å²) in [6, 6.07) is 27.5. The van der Waals surface area contributed by atoms with Gasteiger partial charge < -0.3 is 0 Å². The van der Waals surface area contributed by atoms with Gasteiger partial charge in [-0.05, 0) is 29.3 Å². The van der Waals surface area contributed by atoms with Crippen molar-refractivity contribution in [2.24, 2.45) is 0 Å². The van der Waals surface area contributed by atoms with Gasteiger partial charge in [0.1, 0.15) is 5.92 Å². The molecule has 2 atom stereocenters. The van der Waals surface area contributed by atoms with Crippen molar-refractivity contribution in [1.29, 1.82) is 0 Å². The molecule has 4 rings (SSSR count). The monoisotopic (exact) mass is 317 g/mol. The van der Waals surface area contributed by atoms with Crippen LogP contribution in [0.15, 0.2) is 84.9 Å². The smallest absolute Gasteiger partial charge is 0.243 e. The van der Waals surface area contributed by atoms with Gasteiger partial charge in [-0.15, -0.1) is 4.89 Å². The Balaban J connectivity index is 1.99. The van der Waals surface area contributed by atoms with Gasteiger partial charge in [-0.3, -0.25) is 0 Å². The Hall–Kier alpha value is -2.75. The third-order valence-corrected chi connectivity index (χ3v) is 4.49. The molecule has 3 nitrogen and oxygen atoms in total. The summed E-state index contributed by atoms with van der Waals surface area (Å²) in [6.07, 6.45) is 1.65. The molecule has 0 bridgehead atoms. The first kappa shape index (κ1) is 14.8. The molecule has 0 aromatic heterocycles. The van der Waals surface area contributed by atoms with Gasteiger partial charge in [-0.25, -0.2) is 9.68 Å². The van der Waals surface area contributed by atoms with E-state index < -0.39 is 5.79 Å². The van der Waals surface area contributed by atoms with Gasteiger partial charge in [-0.1, -0.05) is 66.7 Å². The van der Waals surface area contributed by atoms with Gasteiger partial charge in [0, 0.05) is 0 Å². The van der Waals surface area contributed by atoms with E-state index in [0.717, 1.165) is 22.3 Å². The average Bonchev–Trinajstić information content (AvgIpc) is 2.68. The van der Waals surface area contributed by atoms with Crippen LogP contribution in [0.5, 0.6) is 0 Å². The van der Waals surface area contributed by atoms with Crippen molar-refractivity contribution in [3.8, 4) is 0 Å². The van der Waals surface area contributed by atoms with Crippen molar-refractivity contribution < 1.29 is 14.6 Å². The summed E-state index contributed by atoms with van der Waals surface area (Å²) in [4.78, 5) is 5.04. The van der Waals surface area contributed by atoms with Gasteiger partial charge in [-0.2, -0.15) is 0 Å². The maximum absolute atomic E-state index is 9.91. The number of hydrogen-bond acceptors (Lipinski definition) is 2. The zero-order chi connectivity index (χ0) is 16.4. The molecule has 0 unspecified atom stereocenters. The maximum atomic E-state index is 9.91. The van der Waals surface area contributed by atoms with Crippen LogP contribution in [0.25, 0.3) is 0 Å². The van der Waals surface area contributed by atoms with Gasteiger partial charge in [0.05, 0.1) is 11.1 Å². The van der Waals surface area contributed by atoms with E-state index in [0.29, 0.717) is 0 Å². The predicted molar refractivity (Wildman–Crippen MR) is 91.9 cm³/mol. The summed E-state index contributed by atoms with van der Waals surface area (Å²) in [5.74, 6) is -1.62. The van der Waals surface area contributed by atoms with Crippen LogP contribution in [0.4, 0.5) is 0 Å². The number of benzene rings is 3. The Bertz CT molecular complexity index is 859. The molecule has 0 aliphatic carbocycles. The summed E-state index contributed by atoms with van der Waals surface area (Å²) in [6.45, 7) is 0. The summed E-state index contributed by atoms with van der Waals surface area (Å²) in [5, 5.41) is 9.91. The Morgan fingerprint density at radius 3 is 2.12 bits per heavy atom. The van der Waals surface area contributed by atoms with E-state index in [1.54, 1.807) is 6.29 Å². The first-order chi connectivity index (χ1) is 11.8. The second-order valence-electron chi connectivity index (χ2n) is 5.83. The van der Waals surface area contributed by atoms with Gasteiger partial charge in [0.15, 0.2) is 0 Å². The SMILES string of the molecule is OO[C@@]1(c2ccccc2)[O+]=Cc2ccccc2[C@@H]1c1ccccc1. The van der Waals surface area contributed by atoms with Crippen molar-refractivity contribution in [1.82, 2.24) is 0 Å². The molecular weight excluding hydrogens is 300 g/mol. The minimum absolute atomic E-state index is 0.299. The fourth-order valence-electron chi connectivity index (χ4n) is 3.38. The minimum Gasteiger partial charge on any atom is -0.243 e. The Kier molecular flexibility index (Phi) is 3.73. The molecule has 0 saturated heterocycles. The third-order valence-electron chi connectivity index (χ3n) is 4.49. The molecule has 1 heterocycles. The van der Waals surface area contributed by atoms with Crippen LogP contribution in [-0.2, 0) is 10.7 Å². The molecule has 0 saturated carbocycles. The number of hydrogen-bond donors (Lipinski definition) is 1. The molecule has 3 aromatic carbocycles.